The molecule has 0 spiro atoms. The van der Waals surface area contributed by atoms with E-state index in [9.17, 15) is 25.2 Å². The SMILES string of the molecule is Cc1ncc(CO[C@@H]2O[C@H](CO)[C@H](O)[C@H](O)[C@H]2O)c(C=O)c1O. The van der Waals surface area contributed by atoms with E-state index in [1.165, 1.54) is 13.1 Å². The average Bonchev–Trinajstić information content (AvgIpc) is 2.55. The summed E-state index contributed by atoms with van der Waals surface area (Å²) in [7, 11) is 0. The van der Waals surface area contributed by atoms with E-state index >= 15 is 0 Å². The van der Waals surface area contributed by atoms with Crippen LogP contribution in [0.3, 0.4) is 0 Å². The Kier molecular flexibility index (Phi) is 5.63. The van der Waals surface area contributed by atoms with Crippen molar-refractivity contribution in [3.8, 4) is 5.75 Å². The number of aromatic hydroxyl groups is 1. The zero-order valence-corrected chi connectivity index (χ0v) is 12.4. The van der Waals surface area contributed by atoms with Crippen molar-refractivity contribution < 1.29 is 39.8 Å². The molecule has 9 heteroatoms. The third-order valence-corrected chi connectivity index (χ3v) is 3.73. The normalized spacial score (nSPS) is 31.1. The monoisotopic (exact) mass is 329 g/mol. The van der Waals surface area contributed by atoms with Gasteiger partial charge in [-0.05, 0) is 6.92 Å². The lowest BCUT2D eigenvalue weighted by Gasteiger charge is -2.39. The largest absolute Gasteiger partial charge is 0.505 e. The molecule has 128 valence electrons. The second kappa shape index (κ2) is 7.30. The van der Waals surface area contributed by atoms with E-state index in [1.54, 1.807) is 0 Å². The molecule has 1 aromatic heterocycles. The van der Waals surface area contributed by atoms with Gasteiger partial charge in [0.2, 0.25) is 0 Å². The second-order valence-corrected chi connectivity index (χ2v) is 5.26. The molecule has 2 heterocycles. The number of hydrogen-bond acceptors (Lipinski definition) is 9. The average molecular weight is 329 g/mol. The van der Waals surface area contributed by atoms with E-state index < -0.39 is 37.3 Å². The lowest BCUT2D eigenvalue weighted by Crippen LogP contribution is -2.59. The molecule has 2 rings (SSSR count). The molecule has 1 aliphatic heterocycles. The van der Waals surface area contributed by atoms with Crippen LogP contribution in [0.15, 0.2) is 6.20 Å². The number of rotatable bonds is 5. The molecule has 1 aromatic rings. The molecule has 1 saturated heterocycles. The summed E-state index contributed by atoms with van der Waals surface area (Å²) in [6.07, 6.45) is -5.20. The molecule has 0 amide bonds. The van der Waals surface area contributed by atoms with Crippen LogP contribution in [0, 0.1) is 6.92 Å². The number of carbonyl (C=O) groups excluding carboxylic acids is 1. The standard InChI is InChI=1S/C14H19NO8/c1-6-10(18)8(3-16)7(2-15-6)5-22-14-13(21)12(20)11(19)9(4-17)23-14/h2-3,9,11-14,17-21H,4-5H2,1H3/t9-,11+,12+,13-,14-/m1/s1. The summed E-state index contributed by atoms with van der Waals surface area (Å²) in [5.74, 6) is -0.269. The number of hydrogen-bond donors (Lipinski definition) is 5. The zero-order chi connectivity index (χ0) is 17.1. The van der Waals surface area contributed by atoms with E-state index in [0.717, 1.165) is 0 Å². The fraction of sp³-hybridized carbons (Fsp3) is 0.571. The minimum Gasteiger partial charge on any atom is -0.505 e. The number of pyridine rings is 1. The van der Waals surface area contributed by atoms with Crippen molar-refractivity contribution in [1.29, 1.82) is 0 Å². The van der Waals surface area contributed by atoms with Crippen molar-refractivity contribution in [3.63, 3.8) is 0 Å². The van der Waals surface area contributed by atoms with Crippen molar-refractivity contribution in [2.45, 2.75) is 44.2 Å². The summed E-state index contributed by atoms with van der Waals surface area (Å²) < 4.78 is 10.5. The van der Waals surface area contributed by atoms with Gasteiger partial charge >= 0.3 is 0 Å². The summed E-state index contributed by atoms with van der Waals surface area (Å²) in [4.78, 5) is 15.0. The Morgan fingerprint density at radius 2 is 2.00 bits per heavy atom. The summed E-state index contributed by atoms with van der Waals surface area (Å²) in [6.45, 7) is 0.722. The summed E-state index contributed by atoms with van der Waals surface area (Å²) >= 11 is 0. The van der Waals surface area contributed by atoms with Crippen LogP contribution in [0.1, 0.15) is 21.6 Å². The smallest absolute Gasteiger partial charge is 0.187 e. The van der Waals surface area contributed by atoms with Gasteiger partial charge < -0.3 is 35.0 Å². The van der Waals surface area contributed by atoms with Crippen molar-refractivity contribution in [2.75, 3.05) is 6.61 Å². The van der Waals surface area contributed by atoms with E-state index in [-0.39, 0.29) is 29.2 Å². The Balaban J connectivity index is 2.11. The van der Waals surface area contributed by atoms with E-state index in [1.807, 2.05) is 0 Å². The Bertz CT molecular complexity index is 564. The third kappa shape index (κ3) is 3.50. The van der Waals surface area contributed by atoms with Gasteiger partial charge in [-0.25, -0.2) is 0 Å². The van der Waals surface area contributed by atoms with E-state index in [4.69, 9.17) is 14.6 Å². The van der Waals surface area contributed by atoms with Crippen LogP contribution in [0.5, 0.6) is 5.75 Å². The molecule has 0 aliphatic carbocycles. The van der Waals surface area contributed by atoms with Gasteiger partial charge in [-0.3, -0.25) is 9.78 Å². The van der Waals surface area contributed by atoms with Gasteiger partial charge in [-0.1, -0.05) is 0 Å². The number of aryl methyl sites for hydroxylation is 1. The highest BCUT2D eigenvalue weighted by atomic mass is 16.7. The first-order chi connectivity index (χ1) is 10.9. The maximum absolute atomic E-state index is 11.1. The fourth-order valence-electron chi connectivity index (χ4n) is 2.28. The predicted molar refractivity (Wildman–Crippen MR) is 74.6 cm³/mol. The maximum atomic E-state index is 11.1. The van der Waals surface area contributed by atoms with Gasteiger partial charge in [0.05, 0.1) is 24.5 Å². The van der Waals surface area contributed by atoms with Crippen LogP contribution in [0.4, 0.5) is 0 Å². The molecule has 9 nitrogen and oxygen atoms in total. The van der Waals surface area contributed by atoms with Crippen LogP contribution in [0.25, 0.3) is 0 Å². The zero-order valence-electron chi connectivity index (χ0n) is 12.4. The topological polar surface area (TPSA) is 150 Å². The van der Waals surface area contributed by atoms with Gasteiger partial charge in [-0.2, -0.15) is 0 Å². The van der Waals surface area contributed by atoms with Gasteiger partial charge in [0.1, 0.15) is 30.2 Å². The van der Waals surface area contributed by atoms with E-state index in [0.29, 0.717) is 6.29 Å². The number of carbonyl (C=O) groups is 1. The Hall–Kier alpha value is -1.62. The first-order valence-electron chi connectivity index (χ1n) is 6.95. The van der Waals surface area contributed by atoms with Crippen molar-refractivity contribution in [3.05, 3.63) is 23.0 Å². The Morgan fingerprint density at radius 1 is 1.30 bits per heavy atom. The number of aliphatic hydroxyl groups is 4. The van der Waals surface area contributed by atoms with Gasteiger partial charge in [-0.15, -0.1) is 0 Å². The molecular weight excluding hydrogens is 310 g/mol. The molecule has 23 heavy (non-hydrogen) atoms. The highest BCUT2D eigenvalue weighted by molar-refractivity contribution is 5.81. The first kappa shape index (κ1) is 17.7. The molecule has 1 aliphatic rings. The maximum Gasteiger partial charge on any atom is 0.187 e. The molecule has 0 bridgehead atoms. The fourth-order valence-corrected chi connectivity index (χ4v) is 2.28. The Morgan fingerprint density at radius 3 is 2.61 bits per heavy atom. The van der Waals surface area contributed by atoms with Gasteiger partial charge in [0.25, 0.3) is 0 Å². The highest BCUT2D eigenvalue weighted by Gasteiger charge is 2.44. The number of nitrogens with zero attached hydrogens (tertiary/aromatic N) is 1. The molecule has 0 aromatic carbocycles. The van der Waals surface area contributed by atoms with Crippen LogP contribution < -0.4 is 0 Å². The molecule has 1 fully saturated rings. The summed E-state index contributed by atoms with van der Waals surface area (Å²) in [5.41, 5.74) is 0.547. The van der Waals surface area contributed by atoms with Gasteiger partial charge in [0, 0.05) is 11.8 Å². The first-order valence-corrected chi connectivity index (χ1v) is 6.95. The molecule has 0 unspecified atom stereocenters. The Labute approximate surface area is 131 Å². The van der Waals surface area contributed by atoms with Crippen LogP contribution in [-0.4, -0.2) is 74.1 Å². The highest BCUT2D eigenvalue weighted by Crippen LogP contribution is 2.25. The number of aromatic nitrogens is 1. The summed E-state index contributed by atoms with van der Waals surface area (Å²) in [5, 5.41) is 48.1. The van der Waals surface area contributed by atoms with E-state index in [2.05, 4.69) is 4.98 Å². The van der Waals surface area contributed by atoms with Crippen molar-refractivity contribution in [1.82, 2.24) is 4.98 Å². The van der Waals surface area contributed by atoms with Crippen LogP contribution in [0.2, 0.25) is 0 Å². The number of aldehydes is 1. The predicted octanol–water partition coefficient (Wildman–Crippen LogP) is -1.78. The third-order valence-electron chi connectivity index (χ3n) is 3.73. The summed E-state index contributed by atoms with van der Waals surface area (Å²) in [6, 6.07) is 0. The molecule has 0 radical (unpaired) electrons. The molecule has 0 saturated carbocycles. The second-order valence-electron chi connectivity index (χ2n) is 5.26. The minimum atomic E-state index is -1.55. The lowest BCUT2D eigenvalue weighted by molar-refractivity contribution is -0.304. The number of ether oxygens (including phenoxy) is 2. The van der Waals surface area contributed by atoms with Crippen LogP contribution >= 0.6 is 0 Å². The molecule has 5 atom stereocenters. The molecular formula is C14H19NO8. The quantitative estimate of drug-likeness (QED) is 0.395. The minimum absolute atomic E-state index is 0.00194. The van der Waals surface area contributed by atoms with Crippen molar-refractivity contribution >= 4 is 6.29 Å². The lowest BCUT2D eigenvalue weighted by atomic mass is 9.99. The molecule has 5 N–H and O–H groups in total. The number of aliphatic hydroxyl groups excluding tert-OH is 4. The van der Waals surface area contributed by atoms with Gasteiger partial charge in [0.15, 0.2) is 12.6 Å². The van der Waals surface area contributed by atoms with Crippen LogP contribution in [-0.2, 0) is 16.1 Å². The van der Waals surface area contributed by atoms with Crippen molar-refractivity contribution in [2.24, 2.45) is 0 Å².